The summed E-state index contributed by atoms with van der Waals surface area (Å²) in [4.78, 5) is 14.9. The Morgan fingerprint density at radius 1 is 1.10 bits per heavy atom. The molecular weight excluding hydrogens is 260 g/mol. The van der Waals surface area contributed by atoms with Crippen molar-refractivity contribution in [2.45, 2.75) is 53.4 Å². The average Bonchev–Trinajstić information content (AvgIpc) is 2.49. The van der Waals surface area contributed by atoms with E-state index >= 15 is 0 Å². The summed E-state index contributed by atoms with van der Waals surface area (Å²) in [5.41, 5.74) is 2.89. The summed E-state index contributed by atoms with van der Waals surface area (Å²) in [5.74, 6) is 0.163. The highest BCUT2D eigenvalue weighted by atomic mass is 16.2. The van der Waals surface area contributed by atoms with Crippen LogP contribution in [0.25, 0.3) is 0 Å². The maximum Gasteiger partial charge on any atom is 0.255 e. The van der Waals surface area contributed by atoms with Gasteiger partial charge in [0.25, 0.3) is 5.91 Å². The molecule has 3 heteroatoms. The van der Waals surface area contributed by atoms with Gasteiger partial charge in [-0.2, -0.15) is 0 Å². The number of benzene rings is 1. The lowest BCUT2D eigenvalue weighted by molar-refractivity contribution is 0.0752. The van der Waals surface area contributed by atoms with Gasteiger partial charge >= 0.3 is 0 Å². The van der Waals surface area contributed by atoms with Crippen LogP contribution in [0, 0.1) is 6.92 Å². The minimum atomic E-state index is 0.163. The Morgan fingerprint density at radius 3 is 2.24 bits per heavy atom. The topological polar surface area (TPSA) is 32.3 Å². The molecule has 1 aromatic rings. The molecule has 1 amide bonds. The Hall–Kier alpha value is -1.51. The van der Waals surface area contributed by atoms with E-state index in [0.29, 0.717) is 0 Å². The number of carbonyl (C=O) groups excluding carboxylic acids is 1. The number of carbonyl (C=O) groups is 1. The second-order valence-corrected chi connectivity index (χ2v) is 5.58. The maximum atomic E-state index is 12.9. The standard InChI is InChI=1S/C18H30N2O/c1-5-8-12-20(13-9-6-2)18(21)16-14-15(4)10-11-17(16)19-7-3/h10-11,14,19H,5-9,12-13H2,1-4H3. The van der Waals surface area contributed by atoms with Crippen molar-refractivity contribution in [2.24, 2.45) is 0 Å². The van der Waals surface area contributed by atoms with Gasteiger partial charge in [0.15, 0.2) is 0 Å². The second kappa shape index (κ2) is 9.43. The van der Waals surface area contributed by atoms with Crippen molar-refractivity contribution in [2.75, 3.05) is 25.0 Å². The molecule has 21 heavy (non-hydrogen) atoms. The fourth-order valence-electron chi connectivity index (χ4n) is 2.36. The summed E-state index contributed by atoms with van der Waals surface area (Å²) in [6, 6.07) is 6.08. The Labute approximate surface area is 129 Å². The predicted octanol–water partition coefficient (Wildman–Crippen LogP) is 4.47. The number of rotatable bonds is 9. The molecule has 0 aliphatic rings. The van der Waals surface area contributed by atoms with Crippen molar-refractivity contribution in [3.05, 3.63) is 29.3 Å². The van der Waals surface area contributed by atoms with E-state index in [2.05, 4.69) is 32.2 Å². The third-order valence-electron chi connectivity index (χ3n) is 3.62. The maximum absolute atomic E-state index is 12.9. The number of unbranched alkanes of at least 4 members (excludes halogenated alkanes) is 2. The first-order valence-electron chi connectivity index (χ1n) is 8.27. The van der Waals surface area contributed by atoms with Gasteiger partial charge in [-0.25, -0.2) is 0 Å². The molecule has 0 bridgehead atoms. The van der Waals surface area contributed by atoms with Crippen molar-refractivity contribution in [1.82, 2.24) is 4.90 Å². The van der Waals surface area contributed by atoms with Gasteiger partial charge < -0.3 is 10.2 Å². The third-order valence-corrected chi connectivity index (χ3v) is 3.62. The molecule has 0 saturated heterocycles. The van der Waals surface area contributed by atoms with Gasteiger partial charge in [-0.3, -0.25) is 4.79 Å². The first kappa shape index (κ1) is 17.5. The molecule has 0 unspecified atom stereocenters. The quantitative estimate of drug-likeness (QED) is 0.727. The lowest BCUT2D eigenvalue weighted by Crippen LogP contribution is -2.33. The van der Waals surface area contributed by atoms with Gasteiger partial charge in [-0.15, -0.1) is 0 Å². The first-order chi connectivity index (χ1) is 10.1. The zero-order valence-electron chi connectivity index (χ0n) is 14.0. The van der Waals surface area contributed by atoms with Crippen LogP contribution in [0.5, 0.6) is 0 Å². The highest BCUT2D eigenvalue weighted by Crippen LogP contribution is 2.20. The van der Waals surface area contributed by atoms with Gasteiger partial charge in [-0.1, -0.05) is 38.3 Å². The molecule has 0 radical (unpaired) electrons. The number of anilines is 1. The van der Waals surface area contributed by atoms with Gasteiger partial charge in [0.1, 0.15) is 0 Å². The average molecular weight is 290 g/mol. The molecule has 0 saturated carbocycles. The number of hydrogen-bond donors (Lipinski definition) is 1. The van der Waals surface area contributed by atoms with Crippen LogP contribution < -0.4 is 5.32 Å². The minimum Gasteiger partial charge on any atom is -0.385 e. The van der Waals surface area contributed by atoms with Crippen LogP contribution in [-0.4, -0.2) is 30.4 Å². The number of nitrogens with zero attached hydrogens (tertiary/aromatic N) is 1. The molecular formula is C18H30N2O. The van der Waals surface area contributed by atoms with E-state index in [1.165, 1.54) is 0 Å². The zero-order chi connectivity index (χ0) is 15.7. The van der Waals surface area contributed by atoms with Crippen LogP contribution in [0.1, 0.15) is 62.4 Å². The number of hydrogen-bond acceptors (Lipinski definition) is 2. The van der Waals surface area contributed by atoms with Gasteiger partial charge in [0.05, 0.1) is 5.56 Å². The fourth-order valence-corrected chi connectivity index (χ4v) is 2.36. The monoisotopic (exact) mass is 290 g/mol. The van der Waals surface area contributed by atoms with Crippen LogP contribution in [0.4, 0.5) is 5.69 Å². The molecule has 0 aliphatic carbocycles. The van der Waals surface area contributed by atoms with Crippen molar-refractivity contribution >= 4 is 11.6 Å². The summed E-state index contributed by atoms with van der Waals surface area (Å²) in [7, 11) is 0. The second-order valence-electron chi connectivity index (χ2n) is 5.58. The van der Waals surface area contributed by atoms with E-state index < -0.39 is 0 Å². The van der Waals surface area contributed by atoms with Crippen molar-refractivity contribution in [3.8, 4) is 0 Å². The van der Waals surface area contributed by atoms with E-state index in [-0.39, 0.29) is 5.91 Å². The molecule has 0 aliphatic heterocycles. The highest BCUT2D eigenvalue weighted by Gasteiger charge is 2.18. The smallest absolute Gasteiger partial charge is 0.255 e. The van der Waals surface area contributed by atoms with Crippen molar-refractivity contribution in [1.29, 1.82) is 0 Å². The van der Waals surface area contributed by atoms with E-state index in [0.717, 1.165) is 62.1 Å². The summed E-state index contributed by atoms with van der Waals surface area (Å²) >= 11 is 0. The molecule has 1 N–H and O–H groups in total. The SMILES string of the molecule is CCCCN(CCCC)C(=O)c1cc(C)ccc1NCC. The minimum absolute atomic E-state index is 0.163. The molecule has 1 aromatic carbocycles. The normalized spacial score (nSPS) is 10.5. The van der Waals surface area contributed by atoms with Crippen LogP contribution in [0.15, 0.2) is 18.2 Å². The van der Waals surface area contributed by atoms with Gasteiger partial charge in [0.2, 0.25) is 0 Å². The zero-order valence-corrected chi connectivity index (χ0v) is 14.0. The lowest BCUT2D eigenvalue weighted by Gasteiger charge is -2.24. The predicted molar refractivity (Wildman–Crippen MR) is 91.1 cm³/mol. The Bertz CT molecular complexity index is 435. The molecule has 0 aromatic heterocycles. The number of amides is 1. The molecule has 118 valence electrons. The summed E-state index contributed by atoms with van der Waals surface area (Å²) in [6.07, 6.45) is 4.36. The first-order valence-corrected chi connectivity index (χ1v) is 8.27. The van der Waals surface area contributed by atoms with Crippen molar-refractivity contribution in [3.63, 3.8) is 0 Å². The molecule has 0 fully saturated rings. The Morgan fingerprint density at radius 2 is 1.71 bits per heavy atom. The van der Waals surface area contributed by atoms with E-state index in [4.69, 9.17) is 0 Å². The molecule has 3 nitrogen and oxygen atoms in total. The third kappa shape index (κ3) is 5.41. The summed E-state index contributed by atoms with van der Waals surface area (Å²) < 4.78 is 0. The van der Waals surface area contributed by atoms with Crippen LogP contribution >= 0.6 is 0 Å². The van der Waals surface area contributed by atoms with E-state index in [9.17, 15) is 4.79 Å². The van der Waals surface area contributed by atoms with Crippen LogP contribution in [0.2, 0.25) is 0 Å². The lowest BCUT2D eigenvalue weighted by atomic mass is 10.1. The number of nitrogens with one attached hydrogen (secondary N) is 1. The van der Waals surface area contributed by atoms with Crippen molar-refractivity contribution < 1.29 is 4.79 Å². The highest BCUT2D eigenvalue weighted by molar-refractivity contribution is 5.99. The summed E-state index contributed by atoms with van der Waals surface area (Å²) in [6.45, 7) is 11.0. The Kier molecular flexibility index (Phi) is 7.88. The van der Waals surface area contributed by atoms with E-state index in [1.54, 1.807) is 0 Å². The largest absolute Gasteiger partial charge is 0.385 e. The van der Waals surface area contributed by atoms with Gasteiger partial charge in [-0.05, 0) is 38.8 Å². The molecule has 0 atom stereocenters. The fraction of sp³-hybridized carbons (Fsp3) is 0.611. The van der Waals surface area contributed by atoms with Crippen LogP contribution in [-0.2, 0) is 0 Å². The number of aryl methyl sites for hydroxylation is 1. The van der Waals surface area contributed by atoms with Crippen LogP contribution in [0.3, 0.4) is 0 Å². The molecule has 0 heterocycles. The summed E-state index contributed by atoms with van der Waals surface area (Å²) in [5, 5.41) is 3.30. The molecule has 0 spiro atoms. The van der Waals surface area contributed by atoms with E-state index in [1.807, 2.05) is 24.0 Å². The van der Waals surface area contributed by atoms with Gasteiger partial charge in [0, 0.05) is 25.3 Å². The Balaban J connectivity index is 2.97. The molecule has 1 rings (SSSR count).